The average Bonchev–Trinajstić information content (AvgIpc) is 2.91. The van der Waals surface area contributed by atoms with Crippen LogP contribution in [0.4, 0.5) is 11.5 Å². The first kappa shape index (κ1) is 13.0. The molecule has 0 radical (unpaired) electrons. The molecule has 0 atom stereocenters. The van der Waals surface area contributed by atoms with E-state index in [0.717, 1.165) is 11.0 Å². The molecule has 0 bridgehead atoms. The van der Waals surface area contributed by atoms with E-state index in [2.05, 4.69) is 15.3 Å². The first-order valence-corrected chi connectivity index (χ1v) is 6.52. The van der Waals surface area contributed by atoms with E-state index in [9.17, 15) is 10.1 Å². The van der Waals surface area contributed by atoms with E-state index in [-0.39, 0.29) is 5.69 Å². The molecular weight excluding hydrogens is 270 g/mol. The van der Waals surface area contributed by atoms with Crippen molar-refractivity contribution in [2.45, 2.75) is 6.92 Å². The maximum absolute atomic E-state index is 11.1. The lowest BCUT2D eigenvalue weighted by molar-refractivity contribution is -0.384. The maximum Gasteiger partial charge on any atom is 0.276 e. The van der Waals surface area contributed by atoms with Crippen LogP contribution in [0.25, 0.3) is 16.9 Å². The highest BCUT2D eigenvalue weighted by Gasteiger charge is 2.13. The molecule has 1 aromatic carbocycles. The van der Waals surface area contributed by atoms with Gasteiger partial charge in [-0.05, 0) is 19.1 Å². The van der Waals surface area contributed by atoms with Gasteiger partial charge in [-0.15, -0.1) is 0 Å². The molecule has 21 heavy (non-hydrogen) atoms. The van der Waals surface area contributed by atoms with Crippen molar-refractivity contribution in [3.05, 3.63) is 52.8 Å². The standard InChI is InChI=1S/C14H13N5O2/c1-2-15-13-7-10(19(20)21)8-14(17-13)18-9-16-11-5-3-4-6-12(11)18/h3-9H,2H2,1H3,(H,15,17). The fourth-order valence-corrected chi connectivity index (χ4v) is 2.14. The van der Waals surface area contributed by atoms with E-state index in [1.165, 1.54) is 12.1 Å². The Labute approximate surface area is 120 Å². The summed E-state index contributed by atoms with van der Waals surface area (Å²) in [5.41, 5.74) is 1.66. The molecular formula is C14H13N5O2. The first-order valence-electron chi connectivity index (χ1n) is 6.52. The predicted octanol–water partition coefficient (Wildman–Crippen LogP) is 2.76. The summed E-state index contributed by atoms with van der Waals surface area (Å²) >= 11 is 0. The third-order valence-corrected chi connectivity index (χ3v) is 3.07. The fraction of sp³-hybridized carbons (Fsp3) is 0.143. The van der Waals surface area contributed by atoms with Gasteiger partial charge in [0.1, 0.15) is 18.0 Å². The summed E-state index contributed by atoms with van der Waals surface area (Å²) in [4.78, 5) is 19.3. The summed E-state index contributed by atoms with van der Waals surface area (Å²) < 4.78 is 1.74. The Morgan fingerprint density at radius 1 is 1.33 bits per heavy atom. The number of hydrogen-bond donors (Lipinski definition) is 1. The van der Waals surface area contributed by atoms with Crippen LogP contribution in [0.2, 0.25) is 0 Å². The van der Waals surface area contributed by atoms with Gasteiger partial charge in [-0.1, -0.05) is 12.1 Å². The van der Waals surface area contributed by atoms with E-state index in [1.54, 1.807) is 10.9 Å². The van der Waals surface area contributed by atoms with Crippen molar-refractivity contribution in [1.29, 1.82) is 0 Å². The number of imidazole rings is 1. The zero-order valence-electron chi connectivity index (χ0n) is 11.4. The molecule has 0 unspecified atom stereocenters. The number of hydrogen-bond acceptors (Lipinski definition) is 5. The first-order chi connectivity index (χ1) is 10.2. The molecule has 0 saturated heterocycles. The van der Waals surface area contributed by atoms with E-state index >= 15 is 0 Å². The number of nitrogens with zero attached hydrogens (tertiary/aromatic N) is 4. The Balaban J connectivity index is 2.18. The van der Waals surface area contributed by atoms with Crippen LogP contribution in [0, 0.1) is 10.1 Å². The van der Waals surface area contributed by atoms with Crippen LogP contribution in [0.3, 0.4) is 0 Å². The molecule has 0 aliphatic carbocycles. The van der Waals surface area contributed by atoms with Crippen LogP contribution in [-0.2, 0) is 0 Å². The van der Waals surface area contributed by atoms with Gasteiger partial charge in [-0.2, -0.15) is 0 Å². The second-order valence-electron chi connectivity index (χ2n) is 4.46. The fourth-order valence-electron chi connectivity index (χ4n) is 2.14. The summed E-state index contributed by atoms with van der Waals surface area (Å²) in [7, 11) is 0. The normalized spacial score (nSPS) is 10.7. The highest BCUT2D eigenvalue weighted by Crippen LogP contribution is 2.23. The zero-order valence-corrected chi connectivity index (χ0v) is 11.4. The van der Waals surface area contributed by atoms with Crippen LogP contribution in [0.1, 0.15) is 6.92 Å². The van der Waals surface area contributed by atoms with Gasteiger partial charge in [0, 0.05) is 6.54 Å². The van der Waals surface area contributed by atoms with Gasteiger partial charge in [0.25, 0.3) is 5.69 Å². The minimum absolute atomic E-state index is 0.00580. The zero-order chi connectivity index (χ0) is 14.8. The molecule has 2 heterocycles. The van der Waals surface area contributed by atoms with Crippen molar-refractivity contribution in [3.8, 4) is 5.82 Å². The van der Waals surface area contributed by atoms with Crippen LogP contribution in [0.15, 0.2) is 42.7 Å². The molecule has 3 rings (SSSR count). The lowest BCUT2D eigenvalue weighted by Crippen LogP contribution is -2.04. The second-order valence-corrected chi connectivity index (χ2v) is 4.46. The Morgan fingerprint density at radius 2 is 2.14 bits per heavy atom. The highest BCUT2D eigenvalue weighted by molar-refractivity contribution is 5.77. The topological polar surface area (TPSA) is 85.9 Å². The van der Waals surface area contributed by atoms with E-state index < -0.39 is 4.92 Å². The molecule has 0 spiro atoms. The van der Waals surface area contributed by atoms with Crippen molar-refractivity contribution in [1.82, 2.24) is 14.5 Å². The number of para-hydroxylation sites is 2. The summed E-state index contributed by atoms with van der Waals surface area (Å²) in [5, 5.41) is 14.1. The number of rotatable bonds is 4. The third-order valence-electron chi connectivity index (χ3n) is 3.07. The summed E-state index contributed by atoms with van der Waals surface area (Å²) in [5.74, 6) is 0.938. The highest BCUT2D eigenvalue weighted by atomic mass is 16.6. The van der Waals surface area contributed by atoms with Gasteiger partial charge < -0.3 is 5.32 Å². The molecule has 2 aromatic heterocycles. The minimum Gasteiger partial charge on any atom is -0.370 e. The van der Waals surface area contributed by atoms with Crippen molar-refractivity contribution in [3.63, 3.8) is 0 Å². The molecule has 0 fully saturated rings. The molecule has 0 aliphatic heterocycles. The third kappa shape index (κ3) is 2.40. The average molecular weight is 283 g/mol. The monoisotopic (exact) mass is 283 g/mol. The number of aromatic nitrogens is 3. The number of nitro groups is 1. The van der Waals surface area contributed by atoms with Crippen LogP contribution in [0.5, 0.6) is 0 Å². The van der Waals surface area contributed by atoms with Gasteiger partial charge in [0.15, 0.2) is 0 Å². The molecule has 7 nitrogen and oxygen atoms in total. The van der Waals surface area contributed by atoms with E-state index in [1.807, 2.05) is 31.2 Å². The van der Waals surface area contributed by atoms with Crippen LogP contribution < -0.4 is 5.32 Å². The molecule has 7 heteroatoms. The quantitative estimate of drug-likeness (QED) is 0.587. The van der Waals surface area contributed by atoms with Crippen LogP contribution in [-0.4, -0.2) is 26.0 Å². The molecule has 0 saturated carbocycles. The second kappa shape index (κ2) is 5.20. The van der Waals surface area contributed by atoms with Gasteiger partial charge in [0.05, 0.1) is 28.1 Å². The van der Waals surface area contributed by atoms with E-state index in [0.29, 0.717) is 18.2 Å². The summed E-state index contributed by atoms with van der Waals surface area (Å²) in [6.45, 7) is 2.55. The predicted molar refractivity (Wildman–Crippen MR) is 79.7 cm³/mol. The smallest absolute Gasteiger partial charge is 0.276 e. The van der Waals surface area contributed by atoms with Gasteiger partial charge in [-0.25, -0.2) is 9.97 Å². The molecule has 106 valence electrons. The Morgan fingerprint density at radius 3 is 2.90 bits per heavy atom. The lowest BCUT2D eigenvalue weighted by Gasteiger charge is -2.07. The SMILES string of the molecule is CCNc1cc([N+](=O)[O-])cc(-n2cnc3ccccc32)n1. The largest absolute Gasteiger partial charge is 0.370 e. The number of pyridine rings is 1. The molecule has 0 amide bonds. The van der Waals surface area contributed by atoms with Gasteiger partial charge in [0.2, 0.25) is 0 Å². The number of fused-ring (bicyclic) bond motifs is 1. The Hall–Kier alpha value is -2.96. The van der Waals surface area contributed by atoms with Gasteiger partial charge >= 0.3 is 0 Å². The van der Waals surface area contributed by atoms with Crippen LogP contribution >= 0.6 is 0 Å². The molecule has 1 N–H and O–H groups in total. The lowest BCUT2D eigenvalue weighted by atomic mass is 10.3. The molecule has 3 aromatic rings. The number of benzene rings is 1. The maximum atomic E-state index is 11.1. The van der Waals surface area contributed by atoms with Crippen molar-refractivity contribution in [2.24, 2.45) is 0 Å². The Kier molecular flexibility index (Phi) is 3.23. The van der Waals surface area contributed by atoms with Crippen molar-refractivity contribution < 1.29 is 4.92 Å². The summed E-state index contributed by atoms with van der Waals surface area (Å²) in [6, 6.07) is 10.4. The van der Waals surface area contributed by atoms with Crippen molar-refractivity contribution >= 4 is 22.5 Å². The minimum atomic E-state index is -0.425. The number of nitrogens with one attached hydrogen (secondary N) is 1. The van der Waals surface area contributed by atoms with Crippen molar-refractivity contribution in [2.75, 3.05) is 11.9 Å². The molecule has 0 aliphatic rings. The van der Waals surface area contributed by atoms with E-state index in [4.69, 9.17) is 0 Å². The van der Waals surface area contributed by atoms with Gasteiger partial charge in [-0.3, -0.25) is 14.7 Å². The number of anilines is 1. The Bertz CT molecular complexity index is 812. The summed E-state index contributed by atoms with van der Waals surface area (Å²) in [6.07, 6.45) is 1.62.